The number of nitro groups is 1. The van der Waals surface area contributed by atoms with Crippen molar-refractivity contribution in [3.63, 3.8) is 0 Å². The Labute approximate surface area is 124 Å². The maximum absolute atomic E-state index is 11.1. The largest absolute Gasteiger partial charge is 0.449 e. The Balaban J connectivity index is 2.20. The van der Waals surface area contributed by atoms with Crippen molar-refractivity contribution in [3.05, 3.63) is 34.0 Å². The van der Waals surface area contributed by atoms with Crippen LogP contribution in [0.5, 0.6) is 0 Å². The second-order valence-corrected chi connectivity index (χ2v) is 4.09. The molecule has 0 radical (unpaired) electrons. The van der Waals surface area contributed by atoms with Gasteiger partial charge in [-0.2, -0.15) is 10.2 Å². The van der Waals surface area contributed by atoms with Gasteiger partial charge in [0, 0.05) is 18.8 Å². The van der Waals surface area contributed by atoms with Gasteiger partial charge in [-0.3, -0.25) is 14.8 Å². The van der Waals surface area contributed by atoms with Gasteiger partial charge in [-0.05, 0) is 13.0 Å². The minimum absolute atomic E-state index is 0.227. The van der Waals surface area contributed by atoms with Crippen molar-refractivity contribution in [1.29, 1.82) is 0 Å². The van der Waals surface area contributed by atoms with E-state index < -0.39 is 11.0 Å². The van der Waals surface area contributed by atoms with Gasteiger partial charge in [-0.15, -0.1) is 0 Å². The summed E-state index contributed by atoms with van der Waals surface area (Å²) in [6.45, 7) is 1.90. The summed E-state index contributed by atoms with van der Waals surface area (Å²) < 4.78 is 11.2. The average molecular weight is 307 g/mol. The number of hydrogen-bond acceptors (Lipinski definition) is 7. The van der Waals surface area contributed by atoms with Gasteiger partial charge < -0.3 is 9.15 Å². The molecule has 0 bridgehead atoms. The van der Waals surface area contributed by atoms with Crippen LogP contribution in [0.3, 0.4) is 0 Å². The molecule has 0 aliphatic heterocycles. The van der Waals surface area contributed by atoms with Crippen LogP contribution in [0, 0.1) is 10.1 Å². The molecular weight excluding hydrogens is 294 g/mol. The van der Waals surface area contributed by atoms with Crippen molar-refractivity contribution in [2.75, 3.05) is 6.61 Å². The second-order valence-electron chi connectivity index (χ2n) is 4.09. The number of hydrazone groups is 1. The highest BCUT2D eigenvalue weighted by molar-refractivity contribution is 5.88. The van der Waals surface area contributed by atoms with Gasteiger partial charge in [0.05, 0.1) is 18.9 Å². The number of furan rings is 1. The van der Waals surface area contributed by atoms with Crippen LogP contribution in [0.15, 0.2) is 27.8 Å². The van der Waals surface area contributed by atoms with Gasteiger partial charge in [0.2, 0.25) is 0 Å². The third-order valence-electron chi connectivity index (χ3n) is 2.50. The average Bonchev–Trinajstić information content (AvgIpc) is 3.05. The summed E-state index contributed by atoms with van der Waals surface area (Å²) in [6.07, 6.45) is 2.28. The molecule has 10 heteroatoms. The summed E-state index contributed by atoms with van der Waals surface area (Å²) >= 11 is 0. The van der Waals surface area contributed by atoms with Crippen LogP contribution in [-0.2, 0) is 11.8 Å². The Morgan fingerprint density at radius 3 is 3.05 bits per heavy atom. The predicted molar refractivity (Wildman–Crippen MR) is 75.3 cm³/mol. The Hall–Kier alpha value is -3.17. The molecule has 0 fully saturated rings. The maximum atomic E-state index is 11.1. The molecule has 2 aromatic rings. The lowest BCUT2D eigenvalue weighted by Gasteiger charge is -1.98. The number of hydrogen-bond donors (Lipinski definition) is 1. The number of ether oxygens (including phenoxy) is 1. The van der Waals surface area contributed by atoms with E-state index in [1.54, 1.807) is 20.2 Å². The molecule has 0 aliphatic rings. The summed E-state index contributed by atoms with van der Waals surface area (Å²) in [4.78, 5) is 21.1. The van der Waals surface area contributed by atoms with E-state index in [1.165, 1.54) is 23.0 Å². The Morgan fingerprint density at radius 1 is 1.64 bits per heavy atom. The van der Waals surface area contributed by atoms with Crippen molar-refractivity contribution < 1.29 is 18.9 Å². The van der Waals surface area contributed by atoms with Crippen molar-refractivity contribution in [3.8, 4) is 11.5 Å². The SMILES string of the molecule is CCOC(=O)NN=Cc1cn(C)nc1-c1ccc([N+](=O)[O-])o1. The van der Waals surface area contributed by atoms with Gasteiger partial charge in [0.15, 0.2) is 5.76 Å². The molecule has 0 aliphatic carbocycles. The van der Waals surface area contributed by atoms with Crippen LogP contribution < -0.4 is 5.43 Å². The number of carbonyl (C=O) groups excluding carboxylic acids is 1. The van der Waals surface area contributed by atoms with E-state index in [1.807, 2.05) is 0 Å². The lowest BCUT2D eigenvalue weighted by Crippen LogP contribution is -2.18. The fourth-order valence-corrected chi connectivity index (χ4v) is 1.66. The first kappa shape index (κ1) is 15.2. The molecule has 10 nitrogen and oxygen atoms in total. The first-order valence-electron chi connectivity index (χ1n) is 6.25. The molecule has 116 valence electrons. The third-order valence-corrected chi connectivity index (χ3v) is 2.50. The zero-order valence-electron chi connectivity index (χ0n) is 11.8. The summed E-state index contributed by atoms with van der Waals surface area (Å²) in [5.41, 5.74) is 3.06. The number of nitrogens with one attached hydrogen (secondary N) is 1. The zero-order chi connectivity index (χ0) is 16.1. The summed E-state index contributed by atoms with van der Waals surface area (Å²) in [5.74, 6) is -0.155. The normalized spacial score (nSPS) is 10.8. The van der Waals surface area contributed by atoms with Crippen molar-refractivity contribution >= 4 is 18.2 Å². The Morgan fingerprint density at radius 2 is 2.41 bits per heavy atom. The van der Waals surface area contributed by atoms with Crippen LogP contribution in [0.1, 0.15) is 12.5 Å². The second kappa shape index (κ2) is 6.52. The van der Waals surface area contributed by atoms with Gasteiger partial charge >= 0.3 is 12.0 Å². The minimum atomic E-state index is -0.683. The van der Waals surface area contributed by atoms with Crippen LogP contribution in [0.2, 0.25) is 0 Å². The first-order valence-corrected chi connectivity index (χ1v) is 6.25. The van der Waals surface area contributed by atoms with Gasteiger partial charge in [-0.25, -0.2) is 10.2 Å². The van der Waals surface area contributed by atoms with Crippen molar-refractivity contribution in [2.45, 2.75) is 6.92 Å². The highest BCUT2D eigenvalue weighted by Gasteiger charge is 2.17. The molecule has 0 unspecified atom stereocenters. The quantitative estimate of drug-likeness (QED) is 0.509. The Kier molecular flexibility index (Phi) is 4.51. The molecule has 22 heavy (non-hydrogen) atoms. The highest BCUT2D eigenvalue weighted by atomic mass is 16.6. The Bertz CT molecular complexity index is 717. The molecular formula is C12H13N5O5. The standard InChI is InChI=1S/C12H13N5O5/c1-3-21-12(18)14-13-6-8-7-16(2)15-11(8)9-4-5-10(22-9)17(19)20/h4-7H,3H2,1-2H3,(H,14,18). The molecule has 0 spiro atoms. The topological polar surface area (TPSA) is 125 Å². The lowest BCUT2D eigenvalue weighted by molar-refractivity contribution is -0.401. The molecule has 2 aromatic heterocycles. The fraction of sp³-hybridized carbons (Fsp3) is 0.250. The molecule has 2 rings (SSSR count). The van der Waals surface area contributed by atoms with Gasteiger partial charge in [0.25, 0.3) is 0 Å². The fourth-order valence-electron chi connectivity index (χ4n) is 1.66. The number of amides is 1. The minimum Gasteiger partial charge on any atom is -0.449 e. The van der Waals surface area contributed by atoms with E-state index in [9.17, 15) is 14.9 Å². The number of carbonyl (C=O) groups is 1. The maximum Gasteiger partial charge on any atom is 0.433 e. The van der Waals surface area contributed by atoms with E-state index in [0.29, 0.717) is 11.3 Å². The molecule has 1 amide bonds. The van der Waals surface area contributed by atoms with Crippen LogP contribution >= 0.6 is 0 Å². The van der Waals surface area contributed by atoms with Crippen molar-refractivity contribution in [2.24, 2.45) is 12.1 Å². The van der Waals surface area contributed by atoms with Gasteiger partial charge in [-0.1, -0.05) is 0 Å². The zero-order valence-corrected chi connectivity index (χ0v) is 11.8. The number of nitrogens with zero attached hydrogens (tertiary/aromatic N) is 4. The summed E-state index contributed by atoms with van der Waals surface area (Å²) in [5, 5.41) is 18.5. The monoisotopic (exact) mass is 307 g/mol. The molecule has 0 saturated heterocycles. The molecule has 0 atom stereocenters. The van der Waals surface area contributed by atoms with E-state index >= 15 is 0 Å². The molecule has 0 saturated carbocycles. The van der Waals surface area contributed by atoms with E-state index in [0.717, 1.165) is 0 Å². The first-order chi connectivity index (χ1) is 10.5. The highest BCUT2D eigenvalue weighted by Crippen LogP contribution is 2.26. The smallest absolute Gasteiger partial charge is 0.433 e. The van der Waals surface area contributed by atoms with E-state index in [2.05, 4.69) is 20.4 Å². The van der Waals surface area contributed by atoms with Gasteiger partial charge in [0.1, 0.15) is 10.6 Å². The molecule has 0 aromatic carbocycles. The number of aromatic nitrogens is 2. The summed E-state index contributed by atoms with van der Waals surface area (Å²) in [6, 6.07) is 2.68. The van der Waals surface area contributed by atoms with Crippen LogP contribution in [0.25, 0.3) is 11.5 Å². The molecule has 1 N–H and O–H groups in total. The van der Waals surface area contributed by atoms with E-state index in [4.69, 9.17) is 4.42 Å². The predicted octanol–water partition coefficient (Wildman–Crippen LogP) is 1.67. The van der Waals surface area contributed by atoms with E-state index in [-0.39, 0.29) is 18.3 Å². The van der Waals surface area contributed by atoms with Crippen LogP contribution in [0.4, 0.5) is 10.7 Å². The molecule has 2 heterocycles. The third kappa shape index (κ3) is 3.48. The lowest BCUT2D eigenvalue weighted by atomic mass is 10.2. The summed E-state index contributed by atoms with van der Waals surface area (Å²) in [7, 11) is 1.68. The number of rotatable bonds is 5. The number of aryl methyl sites for hydroxylation is 1. The van der Waals surface area contributed by atoms with Crippen molar-refractivity contribution in [1.82, 2.24) is 15.2 Å². The van der Waals surface area contributed by atoms with Crippen LogP contribution in [-0.4, -0.2) is 33.6 Å².